The molecule has 0 saturated carbocycles. The molecule has 386 valence electrons. The number of benzene rings is 2. The number of rotatable bonds is 22. The normalized spacial score (nSPS) is 21.8. The summed E-state index contributed by atoms with van der Waals surface area (Å²) in [6.45, 7) is 25.5. The largest absolute Gasteiger partial charge is 0.496 e. The van der Waals surface area contributed by atoms with Crippen LogP contribution in [0.4, 0.5) is 0 Å². The molecule has 0 amide bonds. The van der Waals surface area contributed by atoms with Crippen LogP contribution >= 0.6 is 0 Å². The number of carbonyl (C=O) groups is 2. The molecule has 2 fully saturated rings. The molecule has 4 rings (SSSR count). The number of carboxylic acid groups (broad SMARTS) is 1. The fourth-order valence-electron chi connectivity index (χ4n) is 8.27. The maximum absolute atomic E-state index is 13.2. The third-order valence-electron chi connectivity index (χ3n) is 11.7. The lowest BCUT2D eigenvalue weighted by atomic mass is 9.95. The monoisotopic (exact) mass is 983 g/mol. The molecule has 2 aromatic carbocycles. The summed E-state index contributed by atoms with van der Waals surface area (Å²) in [5.74, 6) is -0.836. The van der Waals surface area contributed by atoms with Crippen molar-refractivity contribution in [3.05, 3.63) is 82.0 Å². The Morgan fingerprint density at radius 1 is 0.638 bits per heavy atom. The third-order valence-corrected chi connectivity index (χ3v) is 12.7. The smallest absolute Gasteiger partial charge is 0.342 e. The van der Waals surface area contributed by atoms with Crippen molar-refractivity contribution in [1.82, 2.24) is 0 Å². The zero-order valence-electron chi connectivity index (χ0n) is 44.3. The van der Waals surface area contributed by atoms with Crippen molar-refractivity contribution in [3.63, 3.8) is 0 Å². The van der Waals surface area contributed by atoms with Gasteiger partial charge in [0.25, 0.3) is 0 Å². The number of aliphatic hydroxyl groups excluding tert-OH is 2. The third kappa shape index (κ3) is 17.4. The Kier molecular flexibility index (Phi) is 22.3. The van der Waals surface area contributed by atoms with Crippen LogP contribution in [0.2, 0.25) is 19.6 Å². The van der Waals surface area contributed by atoms with Gasteiger partial charge < -0.3 is 58.0 Å². The van der Waals surface area contributed by atoms with Crippen LogP contribution < -0.4 is 18.9 Å². The van der Waals surface area contributed by atoms with E-state index < -0.39 is 31.6 Å². The Labute approximate surface area is 412 Å². The summed E-state index contributed by atoms with van der Waals surface area (Å²) in [5.41, 5.74) is 3.28. The molecule has 2 unspecified atom stereocenters. The van der Waals surface area contributed by atoms with Crippen molar-refractivity contribution in [2.75, 3.05) is 34.7 Å². The number of carbonyl (C=O) groups excluding carboxylic acids is 1. The van der Waals surface area contributed by atoms with Crippen molar-refractivity contribution < 1.29 is 67.5 Å². The van der Waals surface area contributed by atoms with Crippen molar-refractivity contribution in [2.45, 2.75) is 163 Å². The molecule has 2 heterocycles. The van der Waals surface area contributed by atoms with E-state index in [0.717, 1.165) is 11.1 Å². The van der Waals surface area contributed by atoms with E-state index in [0.29, 0.717) is 65.9 Å². The standard InChI is InChI=1S/C29H46O7Si.C25H36O7/c1-19(13-11-14-20(2)30)27-23(35-29(4,5)36-27)16-12-15-22-21(3)24(32-6)17-25(33-7)26(22)28(31)34-18-37(8,9)10;1-15(10-8-11-16(2)26)23-19(31-25(4,5)32-23)13-9-12-18-17(3)20(29-6)14-21(30-7)22(18)24(27)28/h11-13,15,17,19-20,23,27,30H,14,16,18H2,1-10H3;8-10,12,14-16,19,23,26H,11,13H2,1-7H3,(H,27,28)/b13-11-,15-12+;10-8-,12-9+/t19?,20-,23+,27-;15?,16-,19+,23-/m11/s1. The van der Waals surface area contributed by atoms with Gasteiger partial charge in [-0.25, -0.2) is 9.59 Å². The second-order valence-electron chi connectivity index (χ2n) is 20.1. The first kappa shape index (κ1) is 58.8. The number of hydrogen-bond donors (Lipinski definition) is 3. The molecule has 15 heteroatoms. The lowest BCUT2D eigenvalue weighted by Crippen LogP contribution is -2.30. The summed E-state index contributed by atoms with van der Waals surface area (Å²) in [5, 5.41) is 28.8. The number of aromatic carboxylic acids is 1. The molecule has 2 aromatic rings. The molecule has 2 aliphatic heterocycles. The Hall–Kier alpha value is -4.48. The number of carboxylic acids is 1. The molecule has 0 bridgehead atoms. The van der Waals surface area contributed by atoms with Gasteiger partial charge in [-0.05, 0) is 103 Å². The van der Waals surface area contributed by atoms with Gasteiger partial charge >= 0.3 is 11.9 Å². The molecule has 0 radical (unpaired) electrons. The average Bonchev–Trinajstić information content (AvgIpc) is 3.75. The molecule has 0 aliphatic carbocycles. The van der Waals surface area contributed by atoms with Gasteiger partial charge in [0, 0.05) is 24.0 Å². The maximum atomic E-state index is 13.2. The lowest BCUT2D eigenvalue weighted by molar-refractivity contribution is -0.148. The Bertz CT molecular complexity index is 2130. The highest BCUT2D eigenvalue weighted by atomic mass is 28.3. The molecule has 0 aromatic heterocycles. The van der Waals surface area contributed by atoms with Gasteiger partial charge in [-0.3, -0.25) is 0 Å². The van der Waals surface area contributed by atoms with Crippen LogP contribution in [0, 0.1) is 25.7 Å². The predicted molar refractivity (Wildman–Crippen MR) is 273 cm³/mol. The van der Waals surface area contributed by atoms with Crippen LogP contribution in [0.5, 0.6) is 23.0 Å². The fourth-order valence-corrected chi connectivity index (χ4v) is 8.84. The molecule has 14 nitrogen and oxygen atoms in total. The van der Waals surface area contributed by atoms with E-state index in [1.54, 1.807) is 46.3 Å². The highest BCUT2D eigenvalue weighted by Crippen LogP contribution is 2.39. The quantitative estimate of drug-likeness (QED) is 0.0577. The van der Waals surface area contributed by atoms with Gasteiger partial charge in [-0.1, -0.05) is 82.1 Å². The molecular formula is C54H82O14Si. The first-order valence-corrected chi connectivity index (χ1v) is 27.6. The Morgan fingerprint density at radius 2 is 1.01 bits per heavy atom. The van der Waals surface area contributed by atoms with Crippen molar-refractivity contribution in [1.29, 1.82) is 0 Å². The van der Waals surface area contributed by atoms with Gasteiger partial charge in [0.15, 0.2) is 11.6 Å². The minimum absolute atomic E-state index is 0.0853. The molecule has 2 aliphatic rings. The summed E-state index contributed by atoms with van der Waals surface area (Å²) >= 11 is 0. The molecular weight excluding hydrogens is 901 g/mol. The van der Waals surface area contributed by atoms with Gasteiger partial charge in [-0.15, -0.1) is 0 Å². The van der Waals surface area contributed by atoms with Crippen LogP contribution in [0.15, 0.2) is 48.6 Å². The van der Waals surface area contributed by atoms with E-state index in [2.05, 4.69) is 39.6 Å². The highest BCUT2D eigenvalue weighted by molar-refractivity contribution is 6.76. The number of methoxy groups -OCH3 is 4. The summed E-state index contributed by atoms with van der Waals surface area (Å²) in [7, 11) is 4.52. The molecule has 8 atom stereocenters. The van der Waals surface area contributed by atoms with Gasteiger partial charge in [-0.2, -0.15) is 0 Å². The van der Waals surface area contributed by atoms with E-state index in [-0.39, 0.29) is 59.8 Å². The van der Waals surface area contributed by atoms with Crippen LogP contribution in [0.3, 0.4) is 0 Å². The number of esters is 1. The first-order valence-electron chi connectivity index (χ1n) is 23.8. The average molecular weight is 983 g/mol. The zero-order valence-corrected chi connectivity index (χ0v) is 45.3. The zero-order chi connectivity index (χ0) is 52.0. The summed E-state index contributed by atoms with van der Waals surface area (Å²) < 4.78 is 52.2. The fraction of sp³-hybridized carbons (Fsp3) is 0.593. The topological polar surface area (TPSA) is 178 Å². The van der Waals surface area contributed by atoms with E-state index in [1.807, 2.05) is 78.0 Å². The SMILES string of the molecule is COc1cc(OC)c(C(=O)O)c(/C=C/C[C@@H]2OC(C)(C)O[C@@H]2C(C)/C=C\C[C@@H](C)O)c1C.COc1cc(OC)c(C(=O)OC[Si](C)(C)C)c(/C=C/C[C@@H]2OC(C)(C)O[C@@H]2C(C)/C=C\C[C@@H](C)O)c1C. The minimum Gasteiger partial charge on any atom is -0.496 e. The van der Waals surface area contributed by atoms with Gasteiger partial charge in [0.1, 0.15) is 34.1 Å². The second-order valence-corrected chi connectivity index (χ2v) is 25.5. The van der Waals surface area contributed by atoms with E-state index in [1.165, 1.54) is 14.2 Å². The van der Waals surface area contributed by atoms with Crippen LogP contribution in [-0.2, 0) is 23.7 Å². The van der Waals surface area contributed by atoms with Crippen LogP contribution in [0.25, 0.3) is 12.2 Å². The number of aliphatic hydroxyl groups is 2. The molecule has 2 saturated heterocycles. The van der Waals surface area contributed by atoms with E-state index in [4.69, 9.17) is 42.6 Å². The van der Waals surface area contributed by atoms with Crippen LogP contribution in [-0.4, -0.2) is 118 Å². The van der Waals surface area contributed by atoms with Crippen molar-refractivity contribution in [3.8, 4) is 23.0 Å². The Morgan fingerprint density at radius 3 is 1.36 bits per heavy atom. The first-order chi connectivity index (χ1) is 32.2. The Balaban J connectivity index is 0.000000369. The summed E-state index contributed by atoms with van der Waals surface area (Å²) in [4.78, 5) is 25.1. The number of ether oxygens (including phenoxy) is 9. The number of hydrogen-bond acceptors (Lipinski definition) is 13. The molecule has 3 N–H and O–H groups in total. The van der Waals surface area contributed by atoms with Crippen LogP contribution in [0.1, 0.15) is 124 Å². The molecule has 69 heavy (non-hydrogen) atoms. The lowest BCUT2D eigenvalue weighted by Gasteiger charge is -2.21. The maximum Gasteiger partial charge on any atom is 0.342 e. The highest BCUT2D eigenvalue weighted by Gasteiger charge is 2.43. The predicted octanol–water partition coefficient (Wildman–Crippen LogP) is 10.5. The van der Waals surface area contributed by atoms with Crippen molar-refractivity contribution in [2.24, 2.45) is 11.8 Å². The van der Waals surface area contributed by atoms with Crippen molar-refractivity contribution >= 4 is 32.2 Å². The van der Waals surface area contributed by atoms with E-state index in [9.17, 15) is 24.9 Å². The second kappa shape index (κ2) is 26.1. The minimum atomic E-state index is -1.60. The van der Waals surface area contributed by atoms with Gasteiger partial charge in [0.05, 0.1) is 79.4 Å². The summed E-state index contributed by atoms with van der Waals surface area (Å²) in [6, 6.07) is 3.31. The molecule has 0 spiro atoms. The van der Waals surface area contributed by atoms with E-state index >= 15 is 0 Å². The van der Waals surface area contributed by atoms with Gasteiger partial charge in [0.2, 0.25) is 0 Å². The summed E-state index contributed by atoms with van der Waals surface area (Å²) in [6.07, 6.45) is 17.0.